The first kappa shape index (κ1) is 15.0. The third-order valence-electron chi connectivity index (χ3n) is 2.61. The molecule has 1 aromatic heterocycles. The Hall–Kier alpha value is -2.39. The van der Waals surface area contributed by atoms with Crippen LogP contribution in [-0.2, 0) is 10.0 Å². The monoisotopic (exact) mass is 310 g/mol. The van der Waals surface area contributed by atoms with Crippen molar-refractivity contribution in [3.63, 3.8) is 0 Å². The van der Waals surface area contributed by atoms with E-state index in [1.807, 2.05) is 0 Å². The topological polar surface area (TPSA) is 116 Å². The highest BCUT2D eigenvalue weighted by atomic mass is 32.2. The van der Waals surface area contributed by atoms with Crippen LogP contribution < -0.4 is 19.9 Å². The van der Waals surface area contributed by atoms with Crippen LogP contribution >= 0.6 is 0 Å². The lowest BCUT2D eigenvalue weighted by Crippen LogP contribution is -2.11. The number of nitrogens with one attached hydrogen (secondary N) is 1. The minimum Gasteiger partial charge on any atom is -0.489 e. The smallest absolute Gasteiger partial charge is 0.262 e. The minimum absolute atomic E-state index is 0.0280. The van der Waals surface area contributed by atoms with Crippen molar-refractivity contribution in [3.8, 4) is 11.6 Å². The molecule has 0 unspecified atom stereocenters. The molecule has 0 saturated heterocycles. The maximum atomic E-state index is 11.2. The summed E-state index contributed by atoms with van der Waals surface area (Å²) in [6.45, 7) is 0. The molecule has 0 bridgehead atoms. The Bertz CT molecular complexity index is 731. The van der Waals surface area contributed by atoms with Gasteiger partial charge in [-0.2, -0.15) is 4.98 Å². The van der Waals surface area contributed by atoms with Crippen LogP contribution in [0.3, 0.4) is 0 Å². The lowest BCUT2D eigenvalue weighted by Gasteiger charge is -2.12. The van der Waals surface area contributed by atoms with Gasteiger partial charge in [0.05, 0.1) is 19.1 Å². The molecule has 0 aliphatic heterocycles. The number of ether oxygens (including phenoxy) is 2. The molecule has 0 spiro atoms. The van der Waals surface area contributed by atoms with Gasteiger partial charge in [-0.15, -0.1) is 0 Å². The first-order valence-corrected chi connectivity index (χ1v) is 7.33. The predicted molar refractivity (Wildman–Crippen MR) is 76.2 cm³/mol. The van der Waals surface area contributed by atoms with Crippen LogP contribution in [0.4, 0.5) is 11.5 Å². The van der Waals surface area contributed by atoms with Gasteiger partial charge in [-0.1, -0.05) is 0 Å². The average molecular weight is 310 g/mol. The standard InChI is InChI=1S/C12H14N4O4S/c1-19-10-11(14-7-15-12(10)20-2)16-8-3-5-9(6-4-8)21(13,17)18/h3-7H,1-2H3,(H2,13,17,18)(H,14,15,16). The average Bonchev–Trinajstić information content (AvgIpc) is 2.46. The number of hydrogen-bond acceptors (Lipinski definition) is 7. The number of rotatable bonds is 5. The zero-order valence-corrected chi connectivity index (χ0v) is 12.2. The van der Waals surface area contributed by atoms with Crippen molar-refractivity contribution >= 4 is 21.5 Å². The molecular formula is C12H14N4O4S. The number of sulfonamides is 1. The van der Waals surface area contributed by atoms with E-state index in [1.165, 1.54) is 32.7 Å². The van der Waals surface area contributed by atoms with Gasteiger partial charge in [0, 0.05) is 5.69 Å². The number of aromatic nitrogens is 2. The number of anilines is 2. The Balaban J connectivity index is 2.30. The van der Waals surface area contributed by atoms with Gasteiger partial charge < -0.3 is 14.8 Å². The van der Waals surface area contributed by atoms with Gasteiger partial charge >= 0.3 is 0 Å². The fraction of sp³-hybridized carbons (Fsp3) is 0.167. The highest BCUT2D eigenvalue weighted by Gasteiger charge is 2.13. The molecule has 0 saturated carbocycles. The Morgan fingerprint density at radius 3 is 2.29 bits per heavy atom. The van der Waals surface area contributed by atoms with Gasteiger partial charge in [-0.25, -0.2) is 18.5 Å². The van der Waals surface area contributed by atoms with Crippen molar-refractivity contribution in [1.82, 2.24) is 9.97 Å². The van der Waals surface area contributed by atoms with Crippen LogP contribution in [0, 0.1) is 0 Å². The number of nitrogens with two attached hydrogens (primary N) is 1. The van der Waals surface area contributed by atoms with E-state index >= 15 is 0 Å². The lowest BCUT2D eigenvalue weighted by molar-refractivity contribution is 0.342. The summed E-state index contributed by atoms with van der Waals surface area (Å²) in [7, 11) is -0.777. The fourth-order valence-corrected chi connectivity index (χ4v) is 2.16. The van der Waals surface area contributed by atoms with Gasteiger partial charge in [0.2, 0.25) is 15.8 Å². The SMILES string of the molecule is COc1ncnc(Nc2ccc(S(N)(=O)=O)cc2)c1OC. The quantitative estimate of drug-likeness (QED) is 0.842. The van der Waals surface area contributed by atoms with Crippen LogP contribution in [0.25, 0.3) is 0 Å². The van der Waals surface area contributed by atoms with Gasteiger partial charge in [0.1, 0.15) is 6.33 Å². The van der Waals surface area contributed by atoms with E-state index in [2.05, 4.69) is 15.3 Å². The molecule has 21 heavy (non-hydrogen) atoms. The van der Waals surface area contributed by atoms with E-state index in [9.17, 15) is 8.42 Å². The number of methoxy groups -OCH3 is 2. The second kappa shape index (κ2) is 5.94. The third-order valence-corrected chi connectivity index (χ3v) is 3.54. The van der Waals surface area contributed by atoms with E-state index in [0.717, 1.165) is 0 Å². The molecule has 1 heterocycles. The van der Waals surface area contributed by atoms with Crippen LogP contribution in [0.1, 0.15) is 0 Å². The lowest BCUT2D eigenvalue weighted by atomic mass is 10.3. The van der Waals surface area contributed by atoms with Crippen molar-refractivity contribution in [2.75, 3.05) is 19.5 Å². The number of nitrogens with zero attached hydrogens (tertiary/aromatic N) is 2. The van der Waals surface area contributed by atoms with Crippen molar-refractivity contribution in [3.05, 3.63) is 30.6 Å². The van der Waals surface area contributed by atoms with E-state index in [0.29, 0.717) is 17.3 Å². The molecule has 0 amide bonds. The predicted octanol–water partition coefficient (Wildman–Crippen LogP) is 0.885. The maximum absolute atomic E-state index is 11.2. The van der Waals surface area contributed by atoms with Crippen LogP contribution in [0.15, 0.2) is 35.5 Å². The van der Waals surface area contributed by atoms with Crippen molar-refractivity contribution in [1.29, 1.82) is 0 Å². The van der Waals surface area contributed by atoms with E-state index in [4.69, 9.17) is 14.6 Å². The van der Waals surface area contributed by atoms with Crippen molar-refractivity contribution in [2.24, 2.45) is 5.14 Å². The van der Waals surface area contributed by atoms with Gasteiger partial charge in [-0.05, 0) is 24.3 Å². The molecule has 8 nitrogen and oxygen atoms in total. The summed E-state index contributed by atoms with van der Waals surface area (Å²) < 4.78 is 32.6. The first-order valence-electron chi connectivity index (χ1n) is 5.78. The number of benzene rings is 1. The molecule has 0 aliphatic rings. The van der Waals surface area contributed by atoms with Gasteiger partial charge in [-0.3, -0.25) is 0 Å². The summed E-state index contributed by atoms with van der Waals surface area (Å²) in [4.78, 5) is 8.01. The van der Waals surface area contributed by atoms with Crippen molar-refractivity contribution < 1.29 is 17.9 Å². The molecule has 0 atom stereocenters. The number of primary sulfonamides is 1. The number of hydrogen-bond donors (Lipinski definition) is 2. The molecule has 0 aliphatic carbocycles. The van der Waals surface area contributed by atoms with Crippen LogP contribution in [0.2, 0.25) is 0 Å². The molecule has 0 radical (unpaired) electrons. The summed E-state index contributed by atoms with van der Waals surface area (Å²) in [6.07, 6.45) is 1.32. The Morgan fingerprint density at radius 1 is 1.10 bits per heavy atom. The first-order chi connectivity index (χ1) is 9.95. The maximum Gasteiger partial charge on any atom is 0.262 e. The normalized spacial score (nSPS) is 11.0. The molecule has 2 aromatic rings. The Morgan fingerprint density at radius 2 is 1.76 bits per heavy atom. The molecule has 112 valence electrons. The Kier molecular flexibility index (Phi) is 4.24. The zero-order valence-electron chi connectivity index (χ0n) is 11.4. The van der Waals surface area contributed by atoms with Crippen molar-refractivity contribution in [2.45, 2.75) is 4.90 Å². The zero-order chi connectivity index (χ0) is 15.5. The van der Waals surface area contributed by atoms with E-state index < -0.39 is 10.0 Å². The van der Waals surface area contributed by atoms with Crippen LogP contribution in [-0.4, -0.2) is 32.6 Å². The molecule has 0 fully saturated rings. The highest BCUT2D eigenvalue weighted by Crippen LogP contribution is 2.32. The molecule has 3 N–H and O–H groups in total. The van der Waals surface area contributed by atoms with Gasteiger partial charge in [0.25, 0.3) is 5.88 Å². The molecule has 1 aromatic carbocycles. The molecule has 9 heteroatoms. The summed E-state index contributed by atoms with van der Waals surface area (Å²) >= 11 is 0. The molecule has 2 rings (SSSR count). The second-order valence-corrected chi connectivity index (χ2v) is 5.52. The minimum atomic E-state index is -3.71. The summed E-state index contributed by atoms with van der Waals surface area (Å²) in [6, 6.07) is 5.91. The summed E-state index contributed by atoms with van der Waals surface area (Å²) in [5.41, 5.74) is 0.612. The van der Waals surface area contributed by atoms with Crippen LogP contribution in [0.5, 0.6) is 11.6 Å². The Labute approximate surface area is 122 Å². The highest BCUT2D eigenvalue weighted by molar-refractivity contribution is 7.89. The fourth-order valence-electron chi connectivity index (χ4n) is 1.64. The third kappa shape index (κ3) is 3.38. The summed E-state index contributed by atoms with van der Waals surface area (Å²) in [5.74, 6) is 1.03. The van der Waals surface area contributed by atoms with E-state index in [1.54, 1.807) is 12.1 Å². The van der Waals surface area contributed by atoms with E-state index in [-0.39, 0.29) is 10.8 Å². The van der Waals surface area contributed by atoms with Gasteiger partial charge in [0.15, 0.2) is 5.82 Å². The molecular weight excluding hydrogens is 296 g/mol. The largest absolute Gasteiger partial charge is 0.489 e. The summed E-state index contributed by atoms with van der Waals surface area (Å²) in [5, 5.41) is 8.02. The second-order valence-electron chi connectivity index (χ2n) is 3.96.